The third-order valence-electron chi connectivity index (χ3n) is 3.52. The number of nitro groups is 1. The van der Waals surface area contributed by atoms with Crippen LogP contribution in [0.15, 0.2) is 23.1 Å². The number of benzene rings is 1. The van der Waals surface area contributed by atoms with Gasteiger partial charge < -0.3 is 5.32 Å². The van der Waals surface area contributed by atoms with Crippen LogP contribution in [0, 0.1) is 17.0 Å². The summed E-state index contributed by atoms with van der Waals surface area (Å²) in [6.45, 7) is 6.49. The lowest BCUT2D eigenvalue weighted by atomic mass is 10.0. The number of hydrogen-bond acceptors (Lipinski definition) is 5. The summed E-state index contributed by atoms with van der Waals surface area (Å²) < 4.78 is 26.9. The second kappa shape index (κ2) is 5.36. The highest BCUT2D eigenvalue weighted by Gasteiger charge is 2.38. The normalized spacial score (nSPS) is 19.4. The number of rotatable bonds is 3. The summed E-state index contributed by atoms with van der Waals surface area (Å²) in [4.78, 5) is 10.3. The second-order valence-corrected chi connectivity index (χ2v) is 7.70. The number of nitrogens with one attached hydrogen (secondary N) is 1. The average molecular weight is 313 g/mol. The quantitative estimate of drug-likeness (QED) is 0.670. The third kappa shape index (κ3) is 3.07. The Balaban J connectivity index is 2.52. The van der Waals surface area contributed by atoms with Crippen LogP contribution >= 0.6 is 0 Å². The Labute approximate surface area is 124 Å². The second-order valence-electron chi connectivity index (χ2n) is 5.83. The molecule has 0 spiro atoms. The summed E-state index contributed by atoms with van der Waals surface area (Å²) in [5.41, 5.74) is -0.338. The van der Waals surface area contributed by atoms with Crippen LogP contribution in [0.5, 0.6) is 0 Å². The Morgan fingerprint density at radius 2 is 2.05 bits per heavy atom. The lowest BCUT2D eigenvalue weighted by Crippen LogP contribution is -2.58. The van der Waals surface area contributed by atoms with E-state index >= 15 is 0 Å². The highest BCUT2D eigenvalue weighted by molar-refractivity contribution is 7.89. The lowest BCUT2D eigenvalue weighted by molar-refractivity contribution is -0.387. The molecule has 0 saturated carbocycles. The van der Waals surface area contributed by atoms with Crippen molar-refractivity contribution >= 4 is 15.7 Å². The highest BCUT2D eigenvalue weighted by Crippen LogP contribution is 2.30. The van der Waals surface area contributed by atoms with Crippen molar-refractivity contribution < 1.29 is 13.3 Å². The van der Waals surface area contributed by atoms with Gasteiger partial charge in [-0.25, -0.2) is 8.42 Å². The molecule has 0 radical (unpaired) electrons. The van der Waals surface area contributed by atoms with Crippen molar-refractivity contribution in [2.75, 3.05) is 19.6 Å². The zero-order valence-corrected chi connectivity index (χ0v) is 13.1. The van der Waals surface area contributed by atoms with Crippen molar-refractivity contribution in [1.82, 2.24) is 9.62 Å². The number of aryl methyl sites for hydroxylation is 1. The zero-order chi connectivity index (χ0) is 15.8. The Hall–Kier alpha value is -1.51. The van der Waals surface area contributed by atoms with Gasteiger partial charge in [0.15, 0.2) is 4.90 Å². The monoisotopic (exact) mass is 313 g/mol. The van der Waals surface area contributed by atoms with Gasteiger partial charge in [-0.3, -0.25) is 10.1 Å². The first kappa shape index (κ1) is 15.9. The number of nitro benzene ring substituents is 1. The fourth-order valence-electron chi connectivity index (χ4n) is 2.55. The van der Waals surface area contributed by atoms with E-state index in [1.165, 1.54) is 16.4 Å². The first-order valence-electron chi connectivity index (χ1n) is 6.64. The predicted molar refractivity (Wildman–Crippen MR) is 78.7 cm³/mol. The molecule has 116 valence electrons. The lowest BCUT2D eigenvalue weighted by Gasteiger charge is -2.38. The van der Waals surface area contributed by atoms with Gasteiger partial charge in [-0.05, 0) is 26.3 Å². The summed E-state index contributed by atoms with van der Waals surface area (Å²) in [5, 5.41) is 14.4. The van der Waals surface area contributed by atoms with Crippen LogP contribution in [0.25, 0.3) is 0 Å². The molecule has 1 aliphatic rings. The van der Waals surface area contributed by atoms with Gasteiger partial charge in [-0.15, -0.1) is 0 Å². The minimum absolute atomic E-state index is 0.201. The number of nitrogens with zero attached hydrogens (tertiary/aromatic N) is 2. The smallest absolute Gasteiger partial charge is 0.289 e. The van der Waals surface area contributed by atoms with E-state index in [1.54, 1.807) is 13.0 Å². The van der Waals surface area contributed by atoms with E-state index < -0.39 is 14.9 Å². The van der Waals surface area contributed by atoms with Crippen LogP contribution in [0.4, 0.5) is 5.69 Å². The SMILES string of the molecule is Cc1cccc([N+](=O)[O-])c1S(=O)(=O)N1CCNC(C)(C)C1. The van der Waals surface area contributed by atoms with Gasteiger partial charge >= 0.3 is 0 Å². The van der Waals surface area contributed by atoms with Gasteiger partial charge in [0.2, 0.25) is 10.0 Å². The molecular formula is C13H19N3O4S. The molecule has 1 aliphatic heterocycles. The van der Waals surface area contributed by atoms with Gasteiger partial charge in [-0.2, -0.15) is 4.31 Å². The molecule has 1 aromatic rings. The van der Waals surface area contributed by atoms with Crippen molar-refractivity contribution in [2.24, 2.45) is 0 Å². The maximum Gasteiger partial charge on any atom is 0.289 e. The van der Waals surface area contributed by atoms with Crippen LogP contribution in [0.1, 0.15) is 19.4 Å². The molecule has 1 fully saturated rings. The maximum absolute atomic E-state index is 12.8. The van der Waals surface area contributed by atoms with Gasteiger partial charge in [-0.1, -0.05) is 12.1 Å². The minimum atomic E-state index is -3.89. The van der Waals surface area contributed by atoms with Crippen LogP contribution in [-0.4, -0.2) is 42.8 Å². The van der Waals surface area contributed by atoms with Gasteiger partial charge in [0.05, 0.1) is 4.92 Å². The minimum Gasteiger partial charge on any atom is -0.309 e. The van der Waals surface area contributed by atoms with Crippen LogP contribution in [0.2, 0.25) is 0 Å². The molecule has 7 nitrogen and oxygen atoms in total. The van der Waals surface area contributed by atoms with E-state index in [4.69, 9.17) is 0 Å². The molecule has 1 aromatic carbocycles. The Morgan fingerprint density at radius 1 is 1.38 bits per heavy atom. The summed E-state index contributed by atoms with van der Waals surface area (Å²) in [7, 11) is -3.89. The Kier molecular flexibility index (Phi) is 4.05. The molecule has 0 aromatic heterocycles. The first-order valence-corrected chi connectivity index (χ1v) is 8.08. The topological polar surface area (TPSA) is 92.5 Å². The molecule has 0 atom stereocenters. The summed E-state index contributed by atoms with van der Waals surface area (Å²) >= 11 is 0. The van der Waals surface area contributed by atoms with Crippen LogP contribution < -0.4 is 5.32 Å². The zero-order valence-electron chi connectivity index (χ0n) is 12.3. The molecule has 1 saturated heterocycles. The van der Waals surface area contributed by atoms with E-state index in [1.807, 2.05) is 13.8 Å². The molecule has 2 rings (SSSR count). The summed E-state index contributed by atoms with van der Waals surface area (Å²) in [5.74, 6) is 0. The van der Waals surface area contributed by atoms with Crippen molar-refractivity contribution in [3.63, 3.8) is 0 Å². The predicted octanol–water partition coefficient (Wildman–Crippen LogP) is 1.28. The van der Waals surface area contributed by atoms with Crippen molar-refractivity contribution in [3.05, 3.63) is 33.9 Å². The molecule has 1 N–H and O–H groups in total. The number of sulfonamides is 1. The molecule has 1 heterocycles. The van der Waals surface area contributed by atoms with Gasteiger partial charge in [0.1, 0.15) is 0 Å². The molecule has 0 aliphatic carbocycles. The van der Waals surface area contributed by atoms with Crippen molar-refractivity contribution in [3.8, 4) is 0 Å². The standard InChI is InChI=1S/C13H19N3O4S/c1-10-5-4-6-11(16(17)18)12(10)21(19,20)15-8-7-14-13(2,3)9-15/h4-6,14H,7-9H2,1-3H3. The molecule has 21 heavy (non-hydrogen) atoms. The van der Waals surface area contributed by atoms with Crippen LogP contribution in [0.3, 0.4) is 0 Å². The molecule has 0 unspecified atom stereocenters. The fraction of sp³-hybridized carbons (Fsp3) is 0.538. The summed E-state index contributed by atoms with van der Waals surface area (Å²) in [6.07, 6.45) is 0. The maximum atomic E-state index is 12.8. The third-order valence-corrected chi connectivity index (χ3v) is 5.56. The molecule has 0 bridgehead atoms. The first-order chi connectivity index (χ1) is 9.65. The van der Waals surface area contributed by atoms with E-state index in [9.17, 15) is 18.5 Å². The summed E-state index contributed by atoms with van der Waals surface area (Å²) in [6, 6.07) is 4.30. The molecular weight excluding hydrogens is 294 g/mol. The van der Waals surface area contributed by atoms with E-state index in [-0.39, 0.29) is 22.7 Å². The largest absolute Gasteiger partial charge is 0.309 e. The van der Waals surface area contributed by atoms with Gasteiger partial charge in [0, 0.05) is 31.2 Å². The average Bonchev–Trinajstić information content (AvgIpc) is 2.36. The van der Waals surface area contributed by atoms with Crippen LogP contribution in [-0.2, 0) is 10.0 Å². The van der Waals surface area contributed by atoms with E-state index in [0.29, 0.717) is 18.7 Å². The fourth-order valence-corrected chi connectivity index (χ4v) is 4.51. The molecule has 0 amide bonds. The highest BCUT2D eigenvalue weighted by atomic mass is 32.2. The Bertz CT molecular complexity index is 670. The molecule has 8 heteroatoms. The van der Waals surface area contributed by atoms with E-state index in [0.717, 1.165) is 0 Å². The number of hydrogen-bond donors (Lipinski definition) is 1. The number of piperazine rings is 1. The van der Waals surface area contributed by atoms with Gasteiger partial charge in [0.25, 0.3) is 5.69 Å². The van der Waals surface area contributed by atoms with Crippen molar-refractivity contribution in [2.45, 2.75) is 31.2 Å². The van der Waals surface area contributed by atoms with Crippen molar-refractivity contribution in [1.29, 1.82) is 0 Å². The Morgan fingerprint density at radius 3 is 2.62 bits per heavy atom. The van der Waals surface area contributed by atoms with E-state index in [2.05, 4.69) is 5.32 Å².